The number of allylic oxidation sites excluding steroid dienone is 2. The van der Waals surface area contributed by atoms with Gasteiger partial charge in [0.1, 0.15) is 10.8 Å². The molecule has 144 valence electrons. The second-order valence-electron chi connectivity index (χ2n) is 6.69. The molecule has 0 aliphatic carbocycles. The molecular weight excluding hydrogens is 406 g/mol. The number of carbonyl (C=O) groups is 1. The van der Waals surface area contributed by atoms with Crippen LogP contribution < -0.4 is 5.32 Å². The molecule has 0 unspecified atom stereocenters. The first-order valence-electron chi connectivity index (χ1n) is 8.51. The van der Waals surface area contributed by atoms with Gasteiger partial charge in [-0.15, -0.1) is 0 Å². The number of halogens is 2. The Morgan fingerprint density at radius 1 is 1.40 bits per heavy atom. The van der Waals surface area contributed by atoms with Crippen LogP contribution >= 0.6 is 27.5 Å². The zero-order valence-corrected chi connectivity index (χ0v) is 18.5. The summed E-state index contributed by atoms with van der Waals surface area (Å²) in [5.41, 5.74) is 0.500. The van der Waals surface area contributed by atoms with Crippen LogP contribution in [0.4, 0.5) is 4.79 Å². The quantitative estimate of drug-likeness (QED) is 0.299. The van der Waals surface area contributed by atoms with Crippen LogP contribution in [0.2, 0.25) is 0 Å². The molecule has 0 aromatic rings. The van der Waals surface area contributed by atoms with E-state index in [1.807, 2.05) is 20.8 Å². The summed E-state index contributed by atoms with van der Waals surface area (Å²) in [4.78, 5) is 17.6. The molecule has 0 saturated carbocycles. The zero-order valence-electron chi connectivity index (χ0n) is 16.2. The molecule has 0 heterocycles. The third-order valence-corrected chi connectivity index (χ3v) is 3.67. The maximum absolute atomic E-state index is 11.9. The molecule has 5 nitrogen and oxygen atoms in total. The Kier molecular flexibility index (Phi) is 11.9. The number of nitrogens with zero attached hydrogens (tertiary/aromatic N) is 2. The first kappa shape index (κ1) is 24.0. The van der Waals surface area contributed by atoms with Crippen LogP contribution in [0.25, 0.3) is 0 Å². The highest BCUT2D eigenvalue weighted by molar-refractivity contribution is 9.12. The Morgan fingerprint density at radius 2 is 2.04 bits per heavy atom. The van der Waals surface area contributed by atoms with Crippen LogP contribution in [-0.2, 0) is 4.74 Å². The van der Waals surface area contributed by atoms with Crippen molar-refractivity contribution in [1.29, 1.82) is 0 Å². The maximum atomic E-state index is 11.9. The van der Waals surface area contributed by atoms with Gasteiger partial charge in [-0.2, -0.15) is 0 Å². The Labute approximate surface area is 165 Å². The Hall–Kier alpha value is -1.01. The number of nitrogens with one attached hydrogen (secondary N) is 1. The van der Waals surface area contributed by atoms with Gasteiger partial charge < -0.3 is 15.0 Å². The van der Waals surface area contributed by atoms with E-state index in [-0.39, 0.29) is 6.09 Å². The minimum atomic E-state index is -0.476. The molecule has 0 aromatic heterocycles. The summed E-state index contributed by atoms with van der Waals surface area (Å²) in [5, 5.41) is 3.85. The van der Waals surface area contributed by atoms with E-state index in [0.717, 1.165) is 36.0 Å². The van der Waals surface area contributed by atoms with Crippen LogP contribution in [0.5, 0.6) is 0 Å². The lowest BCUT2D eigenvalue weighted by Crippen LogP contribution is -2.35. The summed E-state index contributed by atoms with van der Waals surface area (Å²) in [5.74, 6) is 0. The monoisotopic (exact) mass is 435 g/mol. The smallest absolute Gasteiger partial charge is 0.410 e. The van der Waals surface area contributed by atoms with Crippen molar-refractivity contribution in [1.82, 2.24) is 10.2 Å². The summed E-state index contributed by atoms with van der Waals surface area (Å²) in [6.07, 6.45) is 6.33. The van der Waals surface area contributed by atoms with Crippen molar-refractivity contribution in [2.75, 3.05) is 20.1 Å². The fourth-order valence-corrected chi connectivity index (χ4v) is 2.18. The third-order valence-electron chi connectivity index (χ3n) is 2.94. The average molecular weight is 437 g/mol. The van der Waals surface area contributed by atoms with Crippen LogP contribution in [0.1, 0.15) is 53.9 Å². The van der Waals surface area contributed by atoms with Crippen molar-refractivity contribution in [3.63, 3.8) is 0 Å². The van der Waals surface area contributed by atoms with Crippen LogP contribution in [0.3, 0.4) is 0 Å². The predicted molar refractivity (Wildman–Crippen MR) is 110 cm³/mol. The van der Waals surface area contributed by atoms with Crippen LogP contribution in [-0.4, -0.2) is 41.9 Å². The lowest BCUT2D eigenvalue weighted by Gasteiger charge is -2.24. The molecule has 1 N–H and O–H groups in total. The normalized spacial score (nSPS) is 13.7. The molecule has 0 saturated heterocycles. The first-order chi connectivity index (χ1) is 11.6. The molecule has 0 spiro atoms. The molecule has 0 aliphatic rings. The fraction of sp³-hybridized carbons (Fsp3) is 0.667. The van der Waals surface area contributed by atoms with Crippen molar-refractivity contribution in [2.24, 2.45) is 4.99 Å². The number of carbonyl (C=O) groups excluding carboxylic acids is 1. The van der Waals surface area contributed by atoms with E-state index in [1.165, 1.54) is 0 Å². The molecular formula is C18H31BrClN3O2. The van der Waals surface area contributed by atoms with Gasteiger partial charge in [-0.25, -0.2) is 9.79 Å². The Morgan fingerprint density at radius 3 is 2.56 bits per heavy atom. The number of hydrogen-bond donors (Lipinski definition) is 1. The van der Waals surface area contributed by atoms with Crippen molar-refractivity contribution < 1.29 is 9.53 Å². The molecule has 0 aliphatic heterocycles. The molecule has 0 fully saturated rings. The van der Waals surface area contributed by atoms with Crippen molar-refractivity contribution in [3.8, 4) is 0 Å². The SMILES string of the molecule is CCC/C=C(NCCCN(C)C(=O)OC(C)(C)C)/C(Br)=C\N=C(C)Cl. The second kappa shape index (κ2) is 12.4. The molecule has 25 heavy (non-hydrogen) atoms. The first-order valence-corrected chi connectivity index (χ1v) is 9.68. The van der Waals surface area contributed by atoms with E-state index in [4.69, 9.17) is 16.3 Å². The molecule has 0 atom stereocenters. The largest absolute Gasteiger partial charge is 0.444 e. The molecule has 0 radical (unpaired) electrons. The zero-order chi connectivity index (χ0) is 19.5. The van der Waals surface area contributed by atoms with E-state index < -0.39 is 5.60 Å². The number of unbranched alkanes of at least 4 members (excludes halogenated alkanes) is 1. The van der Waals surface area contributed by atoms with E-state index in [0.29, 0.717) is 11.7 Å². The number of ether oxygens (including phenoxy) is 1. The number of amides is 1. The molecule has 0 rings (SSSR count). The van der Waals surface area contributed by atoms with Crippen molar-refractivity contribution >= 4 is 38.8 Å². The van der Waals surface area contributed by atoms with Gasteiger partial charge in [0.25, 0.3) is 0 Å². The number of hydrogen-bond acceptors (Lipinski definition) is 4. The maximum Gasteiger partial charge on any atom is 0.410 e. The highest BCUT2D eigenvalue weighted by atomic mass is 79.9. The summed E-state index contributed by atoms with van der Waals surface area (Å²) in [6, 6.07) is 0. The van der Waals surface area contributed by atoms with Gasteiger partial charge in [-0.3, -0.25) is 0 Å². The molecule has 1 amide bonds. The molecule has 7 heteroatoms. The van der Waals surface area contributed by atoms with E-state index in [2.05, 4.69) is 39.2 Å². The average Bonchev–Trinajstić information content (AvgIpc) is 2.49. The van der Waals surface area contributed by atoms with Gasteiger partial charge >= 0.3 is 6.09 Å². The minimum Gasteiger partial charge on any atom is -0.444 e. The van der Waals surface area contributed by atoms with Gasteiger partial charge in [0.15, 0.2) is 0 Å². The van der Waals surface area contributed by atoms with Crippen LogP contribution in [0, 0.1) is 0 Å². The summed E-state index contributed by atoms with van der Waals surface area (Å²) in [6.45, 7) is 10.8. The van der Waals surface area contributed by atoms with Gasteiger partial charge in [0.05, 0.1) is 4.48 Å². The standard InChI is InChI=1S/C18H31BrClN3O2/c1-7-8-10-16(15(19)13-22-14(2)20)21-11-9-12-23(6)17(24)25-18(3,4)5/h10,13,21H,7-9,11-12H2,1-6H3/b15-13+,16-10-,22-14?. The van der Waals surface area contributed by atoms with Crippen molar-refractivity contribution in [3.05, 3.63) is 22.5 Å². The lowest BCUT2D eigenvalue weighted by molar-refractivity contribution is 0.0297. The minimum absolute atomic E-state index is 0.303. The summed E-state index contributed by atoms with van der Waals surface area (Å²) < 4.78 is 6.18. The van der Waals surface area contributed by atoms with E-state index in [1.54, 1.807) is 25.1 Å². The van der Waals surface area contributed by atoms with E-state index in [9.17, 15) is 4.79 Å². The predicted octanol–water partition coefficient (Wildman–Crippen LogP) is 5.41. The fourth-order valence-electron chi connectivity index (χ4n) is 1.73. The number of rotatable bonds is 9. The molecule has 0 aromatic carbocycles. The second-order valence-corrected chi connectivity index (χ2v) is 8.09. The highest BCUT2D eigenvalue weighted by Gasteiger charge is 2.19. The molecule has 0 bridgehead atoms. The van der Waals surface area contributed by atoms with E-state index >= 15 is 0 Å². The number of aliphatic imine (C=N–C) groups is 1. The Balaban J connectivity index is 4.51. The lowest BCUT2D eigenvalue weighted by atomic mass is 10.2. The summed E-state index contributed by atoms with van der Waals surface area (Å²) >= 11 is 9.28. The van der Waals surface area contributed by atoms with Crippen molar-refractivity contribution in [2.45, 2.75) is 59.5 Å². The van der Waals surface area contributed by atoms with Gasteiger partial charge in [0.2, 0.25) is 0 Å². The van der Waals surface area contributed by atoms with Gasteiger partial charge in [0, 0.05) is 32.0 Å². The Bertz CT molecular complexity index is 507. The third kappa shape index (κ3) is 12.9. The van der Waals surface area contributed by atoms with Crippen LogP contribution in [0.15, 0.2) is 27.4 Å². The summed E-state index contributed by atoms with van der Waals surface area (Å²) in [7, 11) is 1.75. The van der Waals surface area contributed by atoms with Gasteiger partial charge in [-0.1, -0.05) is 31.0 Å². The topological polar surface area (TPSA) is 53.9 Å². The van der Waals surface area contributed by atoms with Gasteiger partial charge in [-0.05, 0) is 56.5 Å². The highest BCUT2D eigenvalue weighted by Crippen LogP contribution is 2.16.